The van der Waals surface area contributed by atoms with Crippen LogP contribution in [0.2, 0.25) is 0 Å². The second-order valence-corrected chi connectivity index (χ2v) is 7.17. The van der Waals surface area contributed by atoms with Crippen LogP contribution in [0.4, 0.5) is 16.2 Å². The quantitative estimate of drug-likeness (QED) is 0.421. The number of nitrogens with one attached hydrogen (secondary N) is 1. The molecule has 1 saturated heterocycles. The number of nitro benzene ring substituents is 1. The summed E-state index contributed by atoms with van der Waals surface area (Å²) in [6, 6.07) is 13.1. The van der Waals surface area contributed by atoms with Crippen LogP contribution in [0.25, 0.3) is 10.9 Å². The van der Waals surface area contributed by atoms with Crippen LogP contribution in [0.5, 0.6) is 0 Å². The number of fused-ring (bicyclic) bond motifs is 5. The summed E-state index contributed by atoms with van der Waals surface area (Å²) in [5.74, 6) is -0.487. The zero-order valence-electron chi connectivity index (χ0n) is 15.0. The standard InChI is InChI=1S/C20H16N4O4/c1-20-17-13(12-6-2-3-7-14(12)21-17)10-11-22(20)19(26)23(18(20)25)15-8-4-5-9-16(15)24(27)28/h2-9,21H,10-11H2,1H3/t20-/m1/s1. The number of anilines is 1. The molecule has 0 spiro atoms. The van der Waals surface area contributed by atoms with E-state index in [0.717, 1.165) is 21.4 Å². The second kappa shape index (κ2) is 5.41. The Kier molecular flexibility index (Phi) is 3.19. The molecule has 0 bridgehead atoms. The molecule has 28 heavy (non-hydrogen) atoms. The fraction of sp³-hybridized carbons (Fsp3) is 0.200. The molecule has 1 atom stereocenters. The summed E-state index contributed by atoms with van der Waals surface area (Å²) in [5, 5.41) is 12.5. The van der Waals surface area contributed by atoms with E-state index in [0.29, 0.717) is 18.7 Å². The van der Waals surface area contributed by atoms with E-state index in [1.165, 1.54) is 23.1 Å². The molecule has 140 valence electrons. The summed E-state index contributed by atoms with van der Waals surface area (Å²) in [7, 11) is 0. The lowest BCUT2D eigenvalue weighted by Gasteiger charge is -2.35. The van der Waals surface area contributed by atoms with Crippen LogP contribution < -0.4 is 4.90 Å². The summed E-state index contributed by atoms with van der Waals surface area (Å²) >= 11 is 0. The van der Waals surface area contributed by atoms with Gasteiger partial charge >= 0.3 is 6.03 Å². The Morgan fingerprint density at radius 1 is 1.11 bits per heavy atom. The highest BCUT2D eigenvalue weighted by molar-refractivity contribution is 6.24. The third kappa shape index (κ3) is 1.89. The summed E-state index contributed by atoms with van der Waals surface area (Å²) in [6.07, 6.45) is 0.610. The Labute approximate surface area is 159 Å². The lowest BCUT2D eigenvalue weighted by atomic mass is 9.87. The van der Waals surface area contributed by atoms with Crippen molar-refractivity contribution in [3.8, 4) is 0 Å². The molecule has 0 saturated carbocycles. The molecular formula is C20H16N4O4. The van der Waals surface area contributed by atoms with E-state index in [-0.39, 0.29) is 11.4 Å². The molecule has 8 nitrogen and oxygen atoms in total. The fourth-order valence-corrected chi connectivity index (χ4v) is 4.41. The van der Waals surface area contributed by atoms with Crippen molar-refractivity contribution in [2.75, 3.05) is 11.4 Å². The molecule has 8 heteroatoms. The van der Waals surface area contributed by atoms with Gasteiger partial charge in [-0.25, -0.2) is 9.69 Å². The molecule has 3 amide bonds. The molecule has 3 heterocycles. The molecule has 0 aliphatic carbocycles. The molecule has 0 unspecified atom stereocenters. The average molecular weight is 376 g/mol. The Morgan fingerprint density at radius 3 is 2.61 bits per heavy atom. The minimum absolute atomic E-state index is 0.00390. The lowest BCUT2D eigenvalue weighted by molar-refractivity contribution is -0.384. The zero-order valence-corrected chi connectivity index (χ0v) is 15.0. The topological polar surface area (TPSA) is 99.6 Å². The van der Waals surface area contributed by atoms with Gasteiger partial charge in [0.2, 0.25) is 0 Å². The van der Waals surface area contributed by atoms with Gasteiger partial charge in [0.25, 0.3) is 11.6 Å². The van der Waals surface area contributed by atoms with E-state index in [1.807, 2.05) is 24.3 Å². The van der Waals surface area contributed by atoms with Gasteiger partial charge in [0, 0.05) is 23.5 Å². The van der Waals surface area contributed by atoms with Gasteiger partial charge in [0.15, 0.2) is 5.54 Å². The van der Waals surface area contributed by atoms with Gasteiger partial charge in [-0.05, 0) is 31.0 Å². The molecule has 2 aliphatic rings. The van der Waals surface area contributed by atoms with Gasteiger partial charge in [-0.1, -0.05) is 30.3 Å². The molecule has 0 radical (unpaired) electrons. The molecule has 2 aliphatic heterocycles. The van der Waals surface area contributed by atoms with Crippen molar-refractivity contribution in [1.29, 1.82) is 0 Å². The van der Waals surface area contributed by atoms with E-state index >= 15 is 0 Å². The fourth-order valence-electron chi connectivity index (χ4n) is 4.41. The van der Waals surface area contributed by atoms with Crippen molar-refractivity contribution < 1.29 is 14.5 Å². The summed E-state index contributed by atoms with van der Waals surface area (Å²) in [6.45, 7) is 2.07. The number of amides is 3. The third-order valence-corrected chi connectivity index (χ3v) is 5.79. The van der Waals surface area contributed by atoms with Crippen LogP contribution in [0, 0.1) is 10.1 Å². The highest BCUT2D eigenvalue weighted by Gasteiger charge is 2.59. The van der Waals surface area contributed by atoms with Crippen molar-refractivity contribution in [2.45, 2.75) is 18.9 Å². The summed E-state index contributed by atoms with van der Waals surface area (Å²) in [5.41, 5.74) is 1.09. The summed E-state index contributed by atoms with van der Waals surface area (Å²) in [4.78, 5) is 43.3. The number of nitrogens with zero attached hydrogens (tertiary/aromatic N) is 3. The number of aromatic amines is 1. The van der Waals surface area contributed by atoms with Gasteiger partial charge in [-0.2, -0.15) is 0 Å². The number of carbonyl (C=O) groups excluding carboxylic acids is 2. The molecule has 1 fully saturated rings. The molecule has 1 N–H and O–H groups in total. The normalized spacial score (nSPS) is 21.2. The number of carbonyl (C=O) groups is 2. The molecule has 2 aromatic carbocycles. The van der Waals surface area contributed by atoms with Crippen molar-refractivity contribution in [2.24, 2.45) is 0 Å². The number of imide groups is 1. The van der Waals surface area contributed by atoms with Gasteiger partial charge in [-0.15, -0.1) is 0 Å². The van der Waals surface area contributed by atoms with Crippen molar-refractivity contribution in [3.63, 3.8) is 0 Å². The van der Waals surface area contributed by atoms with Gasteiger partial charge in [-0.3, -0.25) is 14.9 Å². The number of nitro groups is 1. The number of urea groups is 1. The minimum atomic E-state index is -1.23. The zero-order chi connectivity index (χ0) is 19.6. The average Bonchev–Trinajstić information content (AvgIpc) is 3.16. The van der Waals surface area contributed by atoms with E-state index in [2.05, 4.69) is 4.98 Å². The first kappa shape index (κ1) is 16.5. The lowest BCUT2D eigenvalue weighted by Crippen LogP contribution is -2.49. The van der Waals surface area contributed by atoms with E-state index < -0.39 is 22.4 Å². The third-order valence-electron chi connectivity index (χ3n) is 5.79. The van der Waals surface area contributed by atoms with Crippen molar-refractivity contribution >= 4 is 34.2 Å². The van der Waals surface area contributed by atoms with E-state index in [1.54, 1.807) is 13.0 Å². The number of para-hydroxylation sites is 3. The molecule has 3 aromatic rings. The van der Waals surface area contributed by atoms with Gasteiger partial charge < -0.3 is 9.88 Å². The Morgan fingerprint density at radius 2 is 1.82 bits per heavy atom. The number of aromatic nitrogens is 1. The monoisotopic (exact) mass is 376 g/mol. The number of H-pyrrole nitrogens is 1. The predicted octanol–water partition coefficient (Wildman–Crippen LogP) is 3.32. The highest BCUT2D eigenvalue weighted by Crippen LogP contribution is 2.46. The largest absolute Gasteiger partial charge is 0.356 e. The molecule has 5 rings (SSSR count). The van der Waals surface area contributed by atoms with Crippen LogP contribution in [-0.2, 0) is 16.8 Å². The second-order valence-electron chi connectivity index (χ2n) is 7.17. The first-order chi connectivity index (χ1) is 13.4. The smallest absolute Gasteiger partial charge is 0.332 e. The van der Waals surface area contributed by atoms with E-state index in [9.17, 15) is 19.7 Å². The van der Waals surface area contributed by atoms with Gasteiger partial charge in [0.05, 0.1) is 10.6 Å². The van der Waals surface area contributed by atoms with E-state index in [4.69, 9.17) is 0 Å². The SMILES string of the molecule is C[C@@]12C(=O)N(c3ccccc3[N+](=O)[O-])C(=O)N1CCc1c2[nH]c2ccccc12. The molecule has 1 aromatic heterocycles. The summed E-state index contributed by atoms with van der Waals surface area (Å²) < 4.78 is 0. The number of benzene rings is 2. The highest BCUT2D eigenvalue weighted by atomic mass is 16.6. The first-order valence-electron chi connectivity index (χ1n) is 8.94. The van der Waals surface area contributed by atoms with Crippen LogP contribution in [0.1, 0.15) is 18.2 Å². The van der Waals surface area contributed by atoms with Gasteiger partial charge in [0.1, 0.15) is 5.69 Å². The number of hydrogen-bond acceptors (Lipinski definition) is 4. The van der Waals surface area contributed by atoms with Crippen LogP contribution >= 0.6 is 0 Å². The van der Waals surface area contributed by atoms with Crippen molar-refractivity contribution in [1.82, 2.24) is 9.88 Å². The maximum Gasteiger partial charge on any atom is 0.332 e. The Bertz CT molecular complexity index is 1180. The molecular weight excluding hydrogens is 360 g/mol. The maximum atomic E-state index is 13.5. The Hall–Kier alpha value is -3.68. The first-order valence-corrected chi connectivity index (χ1v) is 8.94. The number of rotatable bonds is 2. The number of hydrogen-bond donors (Lipinski definition) is 1. The Balaban J connectivity index is 1.71. The van der Waals surface area contributed by atoms with Crippen LogP contribution in [-0.4, -0.2) is 33.3 Å². The maximum absolute atomic E-state index is 13.5. The minimum Gasteiger partial charge on any atom is -0.356 e. The predicted molar refractivity (Wildman–Crippen MR) is 102 cm³/mol. The van der Waals surface area contributed by atoms with Crippen molar-refractivity contribution in [3.05, 3.63) is 69.9 Å². The van der Waals surface area contributed by atoms with Crippen LogP contribution in [0.3, 0.4) is 0 Å². The van der Waals surface area contributed by atoms with Crippen LogP contribution in [0.15, 0.2) is 48.5 Å².